The van der Waals surface area contributed by atoms with Crippen LogP contribution in [0.2, 0.25) is 5.15 Å². The number of anilines is 1. The summed E-state index contributed by atoms with van der Waals surface area (Å²) in [5.74, 6) is -0.328. The Labute approximate surface area is 128 Å². The molecule has 1 saturated carbocycles. The Bertz CT molecular complexity index is 562. The van der Waals surface area contributed by atoms with Crippen molar-refractivity contribution < 1.29 is 14.6 Å². The van der Waals surface area contributed by atoms with Gasteiger partial charge in [-0.05, 0) is 25.8 Å². The minimum atomic E-state index is -0.892. The molecule has 1 atom stereocenters. The lowest BCUT2D eigenvalue weighted by atomic mass is 9.66. The van der Waals surface area contributed by atoms with Crippen LogP contribution in [0.5, 0.6) is 0 Å². The predicted molar refractivity (Wildman–Crippen MR) is 77.8 cm³/mol. The molecule has 1 saturated heterocycles. The summed E-state index contributed by atoms with van der Waals surface area (Å²) < 4.78 is 5.41. The molecule has 2 fully saturated rings. The molecule has 0 amide bonds. The molecule has 1 aromatic rings. The maximum atomic E-state index is 11.6. The number of carbonyl (C=O) groups is 1. The van der Waals surface area contributed by atoms with Crippen LogP contribution >= 0.6 is 11.6 Å². The highest BCUT2D eigenvalue weighted by Gasteiger charge is 2.48. The molecule has 0 spiro atoms. The molecule has 3 rings (SSSR count). The maximum Gasteiger partial charge on any atom is 0.315 e. The van der Waals surface area contributed by atoms with Gasteiger partial charge in [-0.25, -0.2) is 9.97 Å². The molecule has 114 valence electrons. The van der Waals surface area contributed by atoms with Crippen LogP contribution in [-0.4, -0.2) is 46.8 Å². The monoisotopic (exact) mass is 311 g/mol. The number of halogens is 1. The van der Waals surface area contributed by atoms with Gasteiger partial charge < -0.3 is 14.7 Å². The van der Waals surface area contributed by atoms with Crippen LogP contribution in [0.3, 0.4) is 0 Å². The Morgan fingerprint density at radius 1 is 1.52 bits per heavy atom. The summed E-state index contributed by atoms with van der Waals surface area (Å²) in [7, 11) is 0. The molecule has 21 heavy (non-hydrogen) atoms. The third-order valence-electron chi connectivity index (χ3n) is 4.41. The van der Waals surface area contributed by atoms with Gasteiger partial charge in [-0.2, -0.15) is 0 Å². The van der Waals surface area contributed by atoms with E-state index in [4.69, 9.17) is 16.3 Å². The third-order valence-corrected chi connectivity index (χ3v) is 4.61. The van der Waals surface area contributed by atoms with Crippen LogP contribution in [0.4, 0.5) is 5.95 Å². The van der Waals surface area contributed by atoms with Gasteiger partial charge in [0.25, 0.3) is 0 Å². The SMILES string of the molecule is CC1COCCN1c1nc(Cl)cc(C2(C(=O)O)CCC2)n1. The number of rotatable bonds is 3. The predicted octanol–water partition coefficient (Wildman–Crippen LogP) is 1.86. The van der Waals surface area contributed by atoms with Crippen molar-refractivity contribution >= 4 is 23.5 Å². The smallest absolute Gasteiger partial charge is 0.315 e. The first-order valence-corrected chi connectivity index (χ1v) is 7.53. The van der Waals surface area contributed by atoms with Crippen molar-refractivity contribution in [1.82, 2.24) is 9.97 Å². The van der Waals surface area contributed by atoms with E-state index in [1.165, 1.54) is 0 Å². The zero-order valence-electron chi connectivity index (χ0n) is 11.9. The number of nitrogens with zero attached hydrogens (tertiary/aromatic N) is 3. The first-order chi connectivity index (χ1) is 10.0. The second-order valence-corrected chi connectivity index (χ2v) is 6.12. The summed E-state index contributed by atoms with van der Waals surface area (Å²) in [5.41, 5.74) is -0.369. The molecule has 0 bridgehead atoms. The van der Waals surface area contributed by atoms with Crippen LogP contribution in [0.15, 0.2) is 6.07 Å². The fourth-order valence-corrected chi connectivity index (χ4v) is 3.09. The van der Waals surface area contributed by atoms with Gasteiger partial charge in [-0.15, -0.1) is 0 Å². The van der Waals surface area contributed by atoms with E-state index in [0.29, 0.717) is 49.4 Å². The van der Waals surface area contributed by atoms with Gasteiger partial charge in [0, 0.05) is 6.54 Å². The van der Waals surface area contributed by atoms with E-state index in [2.05, 4.69) is 9.97 Å². The number of hydrogen-bond donors (Lipinski definition) is 1. The molecule has 1 aliphatic carbocycles. The Hall–Kier alpha value is -1.40. The molecule has 2 aliphatic rings. The van der Waals surface area contributed by atoms with Gasteiger partial charge in [0.05, 0.1) is 24.9 Å². The summed E-state index contributed by atoms with van der Waals surface area (Å²) in [4.78, 5) is 22.4. The largest absolute Gasteiger partial charge is 0.481 e. The summed E-state index contributed by atoms with van der Waals surface area (Å²) in [6, 6.07) is 1.73. The molecule has 1 N–H and O–H groups in total. The fourth-order valence-electron chi connectivity index (χ4n) is 2.91. The highest BCUT2D eigenvalue weighted by molar-refractivity contribution is 6.29. The second-order valence-electron chi connectivity index (χ2n) is 5.73. The average molecular weight is 312 g/mol. The topological polar surface area (TPSA) is 75.5 Å². The minimum absolute atomic E-state index is 0.146. The highest BCUT2D eigenvalue weighted by atomic mass is 35.5. The number of carboxylic acid groups (broad SMARTS) is 1. The van der Waals surface area contributed by atoms with Crippen molar-refractivity contribution in [1.29, 1.82) is 0 Å². The minimum Gasteiger partial charge on any atom is -0.481 e. The van der Waals surface area contributed by atoms with Gasteiger partial charge >= 0.3 is 5.97 Å². The standard InChI is InChI=1S/C14H18ClN3O3/c1-9-8-21-6-5-18(9)13-16-10(7-11(15)17-13)14(12(19)20)3-2-4-14/h7,9H,2-6,8H2,1H3,(H,19,20). The summed E-state index contributed by atoms with van der Waals surface area (Å²) in [6.45, 7) is 3.93. The number of carboxylic acids is 1. The summed E-state index contributed by atoms with van der Waals surface area (Å²) >= 11 is 6.11. The Kier molecular flexibility index (Phi) is 3.75. The Morgan fingerprint density at radius 3 is 2.86 bits per heavy atom. The number of aliphatic carboxylic acids is 1. The van der Waals surface area contributed by atoms with Crippen molar-refractivity contribution in [3.8, 4) is 0 Å². The van der Waals surface area contributed by atoms with E-state index >= 15 is 0 Å². The number of morpholine rings is 1. The van der Waals surface area contributed by atoms with Gasteiger partial charge in [-0.1, -0.05) is 18.0 Å². The van der Waals surface area contributed by atoms with E-state index in [0.717, 1.165) is 6.42 Å². The Balaban J connectivity index is 1.98. The molecule has 0 radical (unpaired) electrons. The first-order valence-electron chi connectivity index (χ1n) is 7.16. The Morgan fingerprint density at radius 2 is 2.29 bits per heavy atom. The first kappa shape index (κ1) is 14.5. The van der Waals surface area contributed by atoms with Crippen molar-refractivity contribution in [3.05, 3.63) is 16.9 Å². The number of hydrogen-bond acceptors (Lipinski definition) is 5. The molecule has 1 aliphatic heterocycles. The summed E-state index contributed by atoms with van der Waals surface area (Å²) in [6.07, 6.45) is 2.11. The lowest BCUT2D eigenvalue weighted by Gasteiger charge is -2.38. The molecule has 2 heterocycles. The van der Waals surface area contributed by atoms with Crippen LogP contribution in [0.1, 0.15) is 31.9 Å². The molecule has 6 nitrogen and oxygen atoms in total. The van der Waals surface area contributed by atoms with E-state index in [1.54, 1.807) is 6.07 Å². The molecular weight excluding hydrogens is 294 g/mol. The van der Waals surface area contributed by atoms with Gasteiger partial charge in [0.1, 0.15) is 10.6 Å². The maximum absolute atomic E-state index is 11.6. The van der Waals surface area contributed by atoms with E-state index in [1.807, 2.05) is 11.8 Å². The van der Waals surface area contributed by atoms with Crippen LogP contribution < -0.4 is 4.90 Å². The van der Waals surface area contributed by atoms with Crippen LogP contribution in [0, 0.1) is 0 Å². The summed E-state index contributed by atoms with van der Waals surface area (Å²) in [5, 5.41) is 9.84. The molecule has 0 aromatic carbocycles. The van der Waals surface area contributed by atoms with Crippen LogP contribution in [0.25, 0.3) is 0 Å². The average Bonchev–Trinajstić information content (AvgIpc) is 2.36. The highest BCUT2D eigenvalue weighted by Crippen LogP contribution is 2.44. The van der Waals surface area contributed by atoms with E-state index < -0.39 is 11.4 Å². The van der Waals surface area contributed by atoms with Gasteiger partial charge in [-0.3, -0.25) is 4.79 Å². The van der Waals surface area contributed by atoms with E-state index in [-0.39, 0.29) is 6.04 Å². The molecular formula is C14H18ClN3O3. The van der Waals surface area contributed by atoms with Crippen molar-refractivity contribution in [2.24, 2.45) is 0 Å². The van der Waals surface area contributed by atoms with Crippen molar-refractivity contribution in [2.75, 3.05) is 24.7 Å². The lowest BCUT2D eigenvalue weighted by molar-refractivity contribution is -0.147. The number of aromatic nitrogens is 2. The fraction of sp³-hybridized carbons (Fsp3) is 0.643. The third kappa shape index (κ3) is 2.46. The lowest BCUT2D eigenvalue weighted by Crippen LogP contribution is -2.46. The van der Waals surface area contributed by atoms with Crippen LogP contribution in [-0.2, 0) is 14.9 Å². The molecule has 1 aromatic heterocycles. The normalized spacial score (nSPS) is 24.5. The van der Waals surface area contributed by atoms with Gasteiger partial charge in [0.15, 0.2) is 0 Å². The van der Waals surface area contributed by atoms with Gasteiger partial charge in [0.2, 0.25) is 5.95 Å². The zero-order chi connectivity index (χ0) is 15.0. The quantitative estimate of drug-likeness (QED) is 0.859. The second kappa shape index (κ2) is 5.42. The zero-order valence-corrected chi connectivity index (χ0v) is 12.6. The molecule has 1 unspecified atom stereocenters. The van der Waals surface area contributed by atoms with E-state index in [9.17, 15) is 9.90 Å². The van der Waals surface area contributed by atoms with Crippen molar-refractivity contribution in [2.45, 2.75) is 37.6 Å². The molecule has 7 heteroatoms. The number of ether oxygens (including phenoxy) is 1. The van der Waals surface area contributed by atoms with Crippen molar-refractivity contribution in [3.63, 3.8) is 0 Å².